The lowest BCUT2D eigenvalue weighted by Gasteiger charge is -2.38. The van der Waals surface area contributed by atoms with Crippen LogP contribution in [0.2, 0.25) is 0 Å². The Hall–Kier alpha value is -3.02. The number of rotatable bonds is 15. The molecule has 0 aliphatic carbocycles. The standard InChI is InChI=1S/C37H55NO5/c1-25(2)12-9-13-26(3)14-10-15-27(4)16-11-22-37(8)23-21-33-29(6)34(24-28(5)35(33)43-37)42-36(40)41-32-19-17-31(18-20-32)38-30(7)39/h17-20,24-27H,9-16,21-23H2,1-8H3,(H,38,39). The normalized spacial score (nSPS) is 17.5. The smallest absolute Gasteiger partial charge is 0.487 e. The molecule has 6 heteroatoms. The van der Waals surface area contributed by atoms with E-state index in [0.717, 1.165) is 59.5 Å². The number of benzene rings is 2. The Kier molecular flexibility index (Phi) is 13.0. The molecule has 3 atom stereocenters. The van der Waals surface area contributed by atoms with E-state index in [1.54, 1.807) is 24.3 Å². The van der Waals surface area contributed by atoms with Gasteiger partial charge in [-0.15, -0.1) is 0 Å². The van der Waals surface area contributed by atoms with E-state index in [9.17, 15) is 9.59 Å². The minimum atomic E-state index is -0.800. The first-order chi connectivity index (χ1) is 20.3. The Morgan fingerprint density at radius 2 is 1.51 bits per heavy atom. The minimum Gasteiger partial charge on any atom is -0.487 e. The average molecular weight is 594 g/mol. The number of amides is 1. The summed E-state index contributed by atoms with van der Waals surface area (Å²) in [6.45, 7) is 17.1. The van der Waals surface area contributed by atoms with E-state index < -0.39 is 6.16 Å². The number of hydrogen-bond acceptors (Lipinski definition) is 5. The second-order valence-corrected chi connectivity index (χ2v) is 13.7. The van der Waals surface area contributed by atoms with Crippen LogP contribution in [0.3, 0.4) is 0 Å². The fourth-order valence-electron chi connectivity index (χ4n) is 6.16. The highest BCUT2D eigenvalue weighted by atomic mass is 16.7. The molecule has 2 aromatic rings. The molecule has 1 aliphatic rings. The lowest BCUT2D eigenvalue weighted by Crippen LogP contribution is -2.37. The van der Waals surface area contributed by atoms with E-state index >= 15 is 0 Å². The first-order valence-electron chi connectivity index (χ1n) is 16.4. The number of ether oxygens (including phenoxy) is 3. The summed E-state index contributed by atoms with van der Waals surface area (Å²) in [5.74, 6) is 4.02. The van der Waals surface area contributed by atoms with Gasteiger partial charge in [-0.05, 0) is 106 Å². The number of anilines is 1. The molecule has 1 N–H and O–H groups in total. The number of hydrogen-bond donors (Lipinski definition) is 1. The van der Waals surface area contributed by atoms with Crippen LogP contribution in [-0.2, 0) is 11.2 Å². The molecule has 0 radical (unpaired) electrons. The number of carbonyl (C=O) groups excluding carboxylic acids is 2. The van der Waals surface area contributed by atoms with Crippen LogP contribution in [0.5, 0.6) is 17.2 Å². The van der Waals surface area contributed by atoms with Crippen LogP contribution in [0.25, 0.3) is 0 Å². The Balaban J connectivity index is 1.47. The first kappa shape index (κ1) is 34.5. The molecular formula is C37H55NO5. The second-order valence-electron chi connectivity index (χ2n) is 13.7. The van der Waals surface area contributed by atoms with Crippen molar-refractivity contribution >= 4 is 17.7 Å². The monoisotopic (exact) mass is 593 g/mol. The molecular weight excluding hydrogens is 538 g/mol. The summed E-state index contributed by atoms with van der Waals surface area (Å²) in [4.78, 5) is 23.8. The Labute approximate surface area is 260 Å². The fourth-order valence-corrected chi connectivity index (χ4v) is 6.16. The lowest BCUT2D eigenvalue weighted by atomic mass is 9.84. The Morgan fingerprint density at radius 3 is 2.12 bits per heavy atom. The Morgan fingerprint density at radius 1 is 0.907 bits per heavy atom. The molecule has 1 aliphatic heterocycles. The van der Waals surface area contributed by atoms with Gasteiger partial charge in [-0.3, -0.25) is 4.79 Å². The zero-order valence-electron chi connectivity index (χ0n) is 27.9. The molecule has 0 bridgehead atoms. The van der Waals surface area contributed by atoms with E-state index in [0.29, 0.717) is 17.2 Å². The van der Waals surface area contributed by atoms with Gasteiger partial charge in [0.15, 0.2) is 0 Å². The summed E-state index contributed by atoms with van der Waals surface area (Å²) in [5, 5.41) is 2.68. The number of aryl methyl sites for hydroxylation is 1. The zero-order valence-corrected chi connectivity index (χ0v) is 27.9. The maximum absolute atomic E-state index is 12.6. The summed E-state index contributed by atoms with van der Waals surface area (Å²) in [7, 11) is 0. The van der Waals surface area contributed by atoms with Gasteiger partial charge in [0.2, 0.25) is 5.91 Å². The highest BCUT2D eigenvalue weighted by molar-refractivity contribution is 5.88. The van der Waals surface area contributed by atoms with Crippen molar-refractivity contribution in [2.24, 2.45) is 17.8 Å². The van der Waals surface area contributed by atoms with Gasteiger partial charge in [-0.1, -0.05) is 72.6 Å². The van der Waals surface area contributed by atoms with E-state index in [4.69, 9.17) is 14.2 Å². The lowest BCUT2D eigenvalue weighted by molar-refractivity contribution is -0.114. The summed E-state index contributed by atoms with van der Waals surface area (Å²) in [6, 6.07) is 8.44. The molecule has 43 heavy (non-hydrogen) atoms. The van der Waals surface area contributed by atoms with Crippen LogP contribution in [-0.4, -0.2) is 17.7 Å². The third kappa shape index (κ3) is 11.2. The van der Waals surface area contributed by atoms with Crippen LogP contribution >= 0.6 is 0 Å². The highest BCUT2D eigenvalue weighted by Crippen LogP contribution is 2.43. The Bertz CT molecular complexity index is 1200. The van der Waals surface area contributed by atoms with Crippen molar-refractivity contribution < 1.29 is 23.8 Å². The first-order valence-corrected chi connectivity index (χ1v) is 16.4. The van der Waals surface area contributed by atoms with E-state index in [2.05, 4.69) is 39.9 Å². The maximum atomic E-state index is 12.6. The number of fused-ring (bicyclic) bond motifs is 1. The third-order valence-corrected chi connectivity index (χ3v) is 8.90. The molecule has 0 spiro atoms. The van der Waals surface area contributed by atoms with Gasteiger partial charge in [-0.25, -0.2) is 4.79 Å². The van der Waals surface area contributed by atoms with Crippen molar-refractivity contribution in [1.29, 1.82) is 0 Å². The molecule has 3 rings (SSSR count). The molecule has 0 fully saturated rings. The molecule has 6 nitrogen and oxygen atoms in total. The highest BCUT2D eigenvalue weighted by Gasteiger charge is 2.34. The van der Waals surface area contributed by atoms with Gasteiger partial charge in [0, 0.05) is 18.2 Å². The minimum absolute atomic E-state index is 0.163. The maximum Gasteiger partial charge on any atom is 0.519 e. The molecule has 0 aromatic heterocycles. The SMILES string of the molecule is CC(=O)Nc1ccc(OC(=O)Oc2cc(C)c3c(c2C)CCC(C)(CCCC(C)CCCC(C)CCCC(C)C)O3)cc1. The van der Waals surface area contributed by atoms with Gasteiger partial charge < -0.3 is 19.5 Å². The van der Waals surface area contributed by atoms with Crippen molar-refractivity contribution in [3.63, 3.8) is 0 Å². The van der Waals surface area contributed by atoms with Crippen molar-refractivity contribution in [3.8, 4) is 17.2 Å². The number of carbonyl (C=O) groups is 2. The summed E-state index contributed by atoms with van der Waals surface area (Å²) in [5.41, 5.74) is 3.43. The number of nitrogens with one attached hydrogen (secondary N) is 1. The van der Waals surface area contributed by atoms with E-state index in [-0.39, 0.29) is 11.5 Å². The molecule has 238 valence electrons. The van der Waals surface area contributed by atoms with Gasteiger partial charge in [-0.2, -0.15) is 0 Å². The van der Waals surface area contributed by atoms with Crippen molar-refractivity contribution in [2.75, 3.05) is 5.32 Å². The summed E-state index contributed by atoms with van der Waals surface area (Å²) < 4.78 is 17.7. The largest absolute Gasteiger partial charge is 0.519 e. The molecule has 0 saturated heterocycles. The predicted molar refractivity (Wildman–Crippen MR) is 175 cm³/mol. The zero-order chi connectivity index (χ0) is 31.6. The third-order valence-electron chi connectivity index (χ3n) is 8.90. The van der Waals surface area contributed by atoms with Crippen LogP contribution in [0, 0.1) is 31.6 Å². The summed E-state index contributed by atoms with van der Waals surface area (Å²) >= 11 is 0. The topological polar surface area (TPSA) is 73.9 Å². The van der Waals surface area contributed by atoms with Gasteiger partial charge in [0.05, 0.1) is 0 Å². The molecule has 0 saturated carbocycles. The molecule has 2 aromatic carbocycles. The van der Waals surface area contributed by atoms with Gasteiger partial charge >= 0.3 is 6.16 Å². The second kappa shape index (κ2) is 16.2. The van der Waals surface area contributed by atoms with Crippen LogP contribution in [0.4, 0.5) is 10.5 Å². The van der Waals surface area contributed by atoms with Crippen LogP contribution in [0.15, 0.2) is 30.3 Å². The average Bonchev–Trinajstić information content (AvgIpc) is 2.92. The van der Waals surface area contributed by atoms with Crippen molar-refractivity contribution in [1.82, 2.24) is 0 Å². The predicted octanol–water partition coefficient (Wildman–Crippen LogP) is 10.4. The quantitative estimate of drug-likeness (QED) is 0.164. The molecule has 3 unspecified atom stereocenters. The summed E-state index contributed by atoms with van der Waals surface area (Å²) in [6.07, 6.45) is 12.6. The van der Waals surface area contributed by atoms with E-state index in [1.165, 1.54) is 58.3 Å². The van der Waals surface area contributed by atoms with Crippen molar-refractivity contribution in [2.45, 2.75) is 132 Å². The van der Waals surface area contributed by atoms with Crippen LogP contribution in [0.1, 0.15) is 122 Å². The van der Waals surface area contributed by atoms with Crippen molar-refractivity contribution in [3.05, 3.63) is 47.0 Å². The van der Waals surface area contributed by atoms with Gasteiger partial charge in [0.1, 0.15) is 22.8 Å². The molecule has 1 heterocycles. The molecule has 1 amide bonds. The van der Waals surface area contributed by atoms with Crippen LogP contribution < -0.4 is 19.5 Å². The fraction of sp³-hybridized carbons (Fsp3) is 0.622. The van der Waals surface area contributed by atoms with Gasteiger partial charge in [0.25, 0.3) is 0 Å². The van der Waals surface area contributed by atoms with E-state index in [1.807, 2.05) is 19.9 Å².